The molecule has 2 aromatic carbocycles. The summed E-state index contributed by atoms with van der Waals surface area (Å²) in [4.78, 5) is 25.3. The average Bonchev–Trinajstić information content (AvgIpc) is 2.95. The minimum Gasteiger partial charge on any atom is -0.326 e. The van der Waals surface area contributed by atoms with Gasteiger partial charge in [-0.15, -0.1) is 11.8 Å². The molecule has 1 fully saturated rings. The molecule has 1 saturated heterocycles. The summed E-state index contributed by atoms with van der Waals surface area (Å²) in [6.45, 7) is 2.16. The minimum atomic E-state index is -0.0947. The molecule has 4 nitrogen and oxygen atoms in total. The van der Waals surface area contributed by atoms with Crippen molar-refractivity contribution in [3.8, 4) is 0 Å². The molecule has 0 saturated carbocycles. The second-order valence-corrected chi connectivity index (χ2v) is 7.44. The Labute approximate surface area is 156 Å². The van der Waals surface area contributed by atoms with Gasteiger partial charge in [0, 0.05) is 24.2 Å². The number of amides is 2. The van der Waals surface area contributed by atoms with Crippen LogP contribution in [0, 0.1) is 0 Å². The van der Waals surface area contributed by atoms with Crippen LogP contribution in [0.2, 0.25) is 5.02 Å². The fourth-order valence-electron chi connectivity index (χ4n) is 2.81. The number of halogens is 1. The first-order chi connectivity index (χ1) is 12.0. The van der Waals surface area contributed by atoms with E-state index in [4.69, 9.17) is 11.6 Å². The Morgan fingerprint density at radius 1 is 1.20 bits per heavy atom. The standard InChI is InChI=1S/C19H19ClN2O2S/c1-13(23)21-17-8-4-15(5-9-17)19-22(18(24)12-25-19)11-10-14-2-6-16(20)7-3-14/h2-9,19H,10-12H2,1H3,(H,21,23)/t19-/m0/s1. The molecular formula is C19H19ClN2O2S. The van der Waals surface area contributed by atoms with Crippen LogP contribution in [0.25, 0.3) is 0 Å². The largest absolute Gasteiger partial charge is 0.326 e. The molecule has 25 heavy (non-hydrogen) atoms. The molecule has 0 bridgehead atoms. The molecule has 1 aliphatic heterocycles. The molecule has 2 amide bonds. The third kappa shape index (κ3) is 4.55. The summed E-state index contributed by atoms with van der Waals surface area (Å²) in [5.74, 6) is 0.566. The monoisotopic (exact) mass is 374 g/mol. The highest BCUT2D eigenvalue weighted by molar-refractivity contribution is 8.00. The Morgan fingerprint density at radius 2 is 1.88 bits per heavy atom. The van der Waals surface area contributed by atoms with Crippen LogP contribution in [0.4, 0.5) is 5.69 Å². The van der Waals surface area contributed by atoms with E-state index in [1.54, 1.807) is 11.8 Å². The van der Waals surface area contributed by atoms with E-state index in [-0.39, 0.29) is 17.2 Å². The normalized spacial score (nSPS) is 17.0. The van der Waals surface area contributed by atoms with Gasteiger partial charge in [-0.1, -0.05) is 35.9 Å². The summed E-state index contributed by atoms with van der Waals surface area (Å²) in [5.41, 5.74) is 2.99. The van der Waals surface area contributed by atoms with Gasteiger partial charge in [0.15, 0.2) is 0 Å². The summed E-state index contributed by atoms with van der Waals surface area (Å²) in [5, 5.41) is 3.49. The fourth-order valence-corrected chi connectivity index (χ4v) is 4.15. The van der Waals surface area contributed by atoms with E-state index < -0.39 is 0 Å². The molecule has 130 valence electrons. The number of hydrogen-bond acceptors (Lipinski definition) is 3. The van der Waals surface area contributed by atoms with Crippen molar-refractivity contribution in [2.45, 2.75) is 18.7 Å². The Morgan fingerprint density at radius 3 is 2.52 bits per heavy atom. The quantitative estimate of drug-likeness (QED) is 0.856. The number of carbonyl (C=O) groups is 2. The van der Waals surface area contributed by atoms with Crippen LogP contribution in [0.1, 0.15) is 23.4 Å². The van der Waals surface area contributed by atoms with Gasteiger partial charge in [-0.05, 0) is 41.8 Å². The number of nitrogens with one attached hydrogen (secondary N) is 1. The number of rotatable bonds is 5. The van der Waals surface area contributed by atoms with Crippen molar-refractivity contribution in [2.24, 2.45) is 0 Å². The first-order valence-corrected chi connectivity index (χ1v) is 9.48. The van der Waals surface area contributed by atoms with Crippen molar-refractivity contribution in [2.75, 3.05) is 17.6 Å². The van der Waals surface area contributed by atoms with Gasteiger partial charge in [0.25, 0.3) is 0 Å². The molecule has 6 heteroatoms. The van der Waals surface area contributed by atoms with E-state index in [0.717, 1.165) is 23.2 Å². The average molecular weight is 375 g/mol. The molecule has 3 rings (SSSR count). The lowest BCUT2D eigenvalue weighted by Gasteiger charge is -2.24. The SMILES string of the molecule is CC(=O)Nc1ccc([C@@H]2SCC(=O)N2CCc2ccc(Cl)cc2)cc1. The van der Waals surface area contributed by atoms with Gasteiger partial charge in [0.05, 0.1) is 5.75 Å². The van der Waals surface area contributed by atoms with Crippen molar-refractivity contribution in [3.05, 3.63) is 64.7 Å². The fraction of sp³-hybridized carbons (Fsp3) is 0.263. The van der Waals surface area contributed by atoms with Crippen LogP contribution in [-0.4, -0.2) is 29.0 Å². The Hall–Kier alpha value is -1.98. The van der Waals surface area contributed by atoms with Crippen LogP contribution in [0.5, 0.6) is 0 Å². The molecular weight excluding hydrogens is 356 g/mol. The number of nitrogens with zero attached hydrogens (tertiary/aromatic N) is 1. The molecule has 1 aliphatic rings. The van der Waals surface area contributed by atoms with Crippen molar-refractivity contribution in [1.29, 1.82) is 0 Å². The zero-order valence-electron chi connectivity index (χ0n) is 13.9. The summed E-state index contributed by atoms with van der Waals surface area (Å²) in [7, 11) is 0. The summed E-state index contributed by atoms with van der Waals surface area (Å²) < 4.78 is 0. The molecule has 1 atom stereocenters. The lowest BCUT2D eigenvalue weighted by molar-refractivity contribution is -0.128. The maximum atomic E-state index is 12.3. The summed E-state index contributed by atoms with van der Waals surface area (Å²) in [6.07, 6.45) is 0.796. The predicted molar refractivity (Wildman–Crippen MR) is 103 cm³/mol. The minimum absolute atomic E-state index is 0.0196. The van der Waals surface area contributed by atoms with E-state index in [2.05, 4.69) is 5.32 Å². The molecule has 1 heterocycles. The van der Waals surface area contributed by atoms with Gasteiger partial charge in [0.1, 0.15) is 5.37 Å². The van der Waals surface area contributed by atoms with Crippen molar-refractivity contribution in [1.82, 2.24) is 4.90 Å². The van der Waals surface area contributed by atoms with Crippen LogP contribution in [-0.2, 0) is 16.0 Å². The van der Waals surface area contributed by atoms with Crippen LogP contribution in [0.3, 0.4) is 0 Å². The van der Waals surface area contributed by atoms with E-state index in [1.807, 2.05) is 53.4 Å². The second kappa shape index (κ2) is 7.93. The van der Waals surface area contributed by atoms with Crippen molar-refractivity contribution < 1.29 is 9.59 Å². The highest BCUT2D eigenvalue weighted by atomic mass is 35.5. The van der Waals surface area contributed by atoms with Gasteiger partial charge < -0.3 is 10.2 Å². The summed E-state index contributed by atoms with van der Waals surface area (Å²) >= 11 is 7.55. The molecule has 1 N–H and O–H groups in total. The topological polar surface area (TPSA) is 49.4 Å². The van der Waals surface area contributed by atoms with E-state index >= 15 is 0 Å². The highest BCUT2D eigenvalue weighted by Gasteiger charge is 2.32. The number of benzene rings is 2. The third-order valence-electron chi connectivity index (χ3n) is 4.04. The third-order valence-corrected chi connectivity index (χ3v) is 5.55. The van der Waals surface area contributed by atoms with Gasteiger partial charge in [0.2, 0.25) is 11.8 Å². The molecule has 0 radical (unpaired) electrons. The number of anilines is 1. The van der Waals surface area contributed by atoms with Gasteiger partial charge in [-0.3, -0.25) is 9.59 Å². The van der Waals surface area contributed by atoms with Crippen molar-refractivity contribution in [3.63, 3.8) is 0 Å². The Kier molecular flexibility index (Phi) is 5.66. The highest BCUT2D eigenvalue weighted by Crippen LogP contribution is 2.38. The molecule has 0 spiro atoms. The van der Waals surface area contributed by atoms with Crippen LogP contribution in [0.15, 0.2) is 48.5 Å². The number of hydrogen-bond donors (Lipinski definition) is 1. The van der Waals surface area contributed by atoms with E-state index in [9.17, 15) is 9.59 Å². The van der Waals surface area contributed by atoms with E-state index in [1.165, 1.54) is 6.92 Å². The first-order valence-electron chi connectivity index (χ1n) is 8.06. The van der Waals surface area contributed by atoms with Gasteiger partial charge in [-0.2, -0.15) is 0 Å². The van der Waals surface area contributed by atoms with Crippen LogP contribution >= 0.6 is 23.4 Å². The lowest BCUT2D eigenvalue weighted by atomic mass is 10.1. The Bertz CT molecular complexity index is 762. The second-order valence-electron chi connectivity index (χ2n) is 5.93. The van der Waals surface area contributed by atoms with E-state index in [0.29, 0.717) is 17.3 Å². The summed E-state index contributed by atoms with van der Waals surface area (Å²) in [6, 6.07) is 15.4. The smallest absolute Gasteiger partial charge is 0.233 e. The Balaban J connectivity index is 1.68. The molecule has 0 unspecified atom stereocenters. The maximum absolute atomic E-state index is 12.3. The lowest BCUT2D eigenvalue weighted by Crippen LogP contribution is -2.30. The number of carbonyl (C=O) groups excluding carboxylic acids is 2. The van der Waals surface area contributed by atoms with Crippen molar-refractivity contribution >= 4 is 40.9 Å². The molecule has 0 aromatic heterocycles. The molecule has 2 aromatic rings. The van der Waals surface area contributed by atoms with Crippen LogP contribution < -0.4 is 5.32 Å². The van der Waals surface area contributed by atoms with Gasteiger partial charge >= 0.3 is 0 Å². The maximum Gasteiger partial charge on any atom is 0.233 e. The molecule has 0 aliphatic carbocycles. The number of thioether (sulfide) groups is 1. The first kappa shape index (κ1) is 17.8. The zero-order chi connectivity index (χ0) is 17.8. The zero-order valence-corrected chi connectivity index (χ0v) is 15.4. The van der Waals surface area contributed by atoms with Gasteiger partial charge in [-0.25, -0.2) is 0 Å². The predicted octanol–water partition coefficient (Wildman–Crippen LogP) is 4.12.